The molecule has 0 aromatic carbocycles. The number of hydrogen-bond donors (Lipinski definition) is 0. The lowest BCUT2D eigenvalue weighted by molar-refractivity contribution is 1.23. The van der Waals surface area contributed by atoms with Crippen molar-refractivity contribution >= 4 is 23.7 Å². The highest BCUT2D eigenvalue weighted by atomic mass is 32.1. The molecular weight excluding hydrogens is 178 g/mol. The van der Waals surface area contributed by atoms with Gasteiger partial charge in [-0.15, -0.1) is 0 Å². The molecular formula is C11H15NS. The van der Waals surface area contributed by atoms with E-state index in [0.29, 0.717) is 0 Å². The molecule has 0 aliphatic carbocycles. The molecule has 13 heavy (non-hydrogen) atoms. The summed E-state index contributed by atoms with van der Waals surface area (Å²) in [6, 6.07) is 0. The molecule has 0 atom stereocenters. The molecule has 1 nitrogen and oxygen atoms in total. The summed E-state index contributed by atoms with van der Waals surface area (Å²) in [7, 11) is 0. The van der Waals surface area contributed by atoms with E-state index in [0.717, 1.165) is 12.1 Å². The largest absolute Gasteiger partial charge is 0.197 e. The third-order valence-electron chi connectivity index (χ3n) is 1.77. The molecule has 70 valence electrons. The zero-order valence-corrected chi connectivity index (χ0v) is 9.19. The smallest absolute Gasteiger partial charge is 0.0589 e. The van der Waals surface area contributed by atoms with Gasteiger partial charge in [0.25, 0.3) is 0 Å². The molecule has 0 N–H and O–H groups in total. The van der Waals surface area contributed by atoms with E-state index in [4.69, 9.17) is 0 Å². The number of rotatable bonds is 3. The Hall–Kier alpha value is -0.890. The first-order valence-corrected chi connectivity index (χ1v) is 5.32. The van der Waals surface area contributed by atoms with Gasteiger partial charge in [0.1, 0.15) is 0 Å². The molecule has 0 saturated carbocycles. The topological polar surface area (TPSA) is 12.9 Å². The van der Waals surface area contributed by atoms with Crippen LogP contribution in [0, 0.1) is 6.92 Å². The number of nitrogens with zero attached hydrogens (tertiary/aromatic N) is 1. The lowest BCUT2D eigenvalue weighted by Gasteiger charge is -1.91. The van der Waals surface area contributed by atoms with Gasteiger partial charge in [-0.05, 0) is 37.9 Å². The van der Waals surface area contributed by atoms with Gasteiger partial charge in [-0.3, -0.25) is 0 Å². The van der Waals surface area contributed by atoms with Gasteiger partial charge in [0.2, 0.25) is 0 Å². The minimum absolute atomic E-state index is 1.07. The summed E-state index contributed by atoms with van der Waals surface area (Å²) in [5.74, 6) is 0. The lowest BCUT2D eigenvalue weighted by atomic mass is 10.2. The average molecular weight is 193 g/mol. The molecule has 1 aromatic heterocycles. The fourth-order valence-corrected chi connectivity index (χ4v) is 1.95. The summed E-state index contributed by atoms with van der Waals surface area (Å²) in [6.45, 7) is 6.22. The Kier molecular flexibility index (Phi) is 3.90. The van der Waals surface area contributed by atoms with Crippen molar-refractivity contribution in [2.75, 3.05) is 0 Å². The Labute approximate surface area is 84.0 Å². The number of aromatic nitrogens is 1. The number of allylic oxidation sites excluding steroid dienone is 2. The van der Waals surface area contributed by atoms with Crippen LogP contribution < -0.4 is 0 Å². The third kappa shape index (κ3) is 2.52. The van der Waals surface area contributed by atoms with E-state index in [2.05, 4.69) is 42.5 Å². The van der Waals surface area contributed by atoms with E-state index >= 15 is 0 Å². The summed E-state index contributed by atoms with van der Waals surface area (Å²) in [6.07, 6.45) is 9.57. The SMILES string of the molecule is C/C=C\c1snc(C)c1/C=C\CC. The Morgan fingerprint density at radius 1 is 1.38 bits per heavy atom. The van der Waals surface area contributed by atoms with E-state index in [1.807, 2.05) is 6.92 Å². The molecule has 0 saturated heterocycles. The lowest BCUT2D eigenvalue weighted by Crippen LogP contribution is -1.76. The van der Waals surface area contributed by atoms with Gasteiger partial charge in [-0.2, -0.15) is 4.37 Å². The van der Waals surface area contributed by atoms with E-state index in [1.54, 1.807) is 11.5 Å². The van der Waals surface area contributed by atoms with Gasteiger partial charge in [0.15, 0.2) is 0 Å². The fourth-order valence-electron chi connectivity index (χ4n) is 1.10. The van der Waals surface area contributed by atoms with Crippen LogP contribution in [0.1, 0.15) is 36.4 Å². The van der Waals surface area contributed by atoms with Gasteiger partial charge in [-0.1, -0.05) is 25.2 Å². The monoisotopic (exact) mass is 193 g/mol. The van der Waals surface area contributed by atoms with Crippen LogP contribution in [0.15, 0.2) is 12.2 Å². The predicted octanol–water partition coefficient (Wildman–Crippen LogP) is 3.91. The third-order valence-corrected chi connectivity index (χ3v) is 2.69. The second-order valence-electron chi connectivity index (χ2n) is 2.86. The number of aryl methyl sites for hydroxylation is 1. The molecule has 0 unspecified atom stereocenters. The summed E-state index contributed by atoms with van der Waals surface area (Å²) in [5.41, 5.74) is 2.40. The maximum absolute atomic E-state index is 4.33. The number of hydrogen-bond acceptors (Lipinski definition) is 2. The molecule has 1 rings (SSSR count). The average Bonchev–Trinajstić information content (AvgIpc) is 2.45. The maximum atomic E-state index is 4.33. The highest BCUT2D eigenvalue weighted by molar-refractivity contribution is 7.07. The Morgan fingerprint density at radius 3 is 2.77 bits per heavy atom. The van der Waals surface area contributed by atoms with Crippen molar-refractivity contribution in [3.63, 3.8) is 0 Å². The molecule has 0 fully saturated rings. The Bertz CT molecular complexity index is 321. The first-order chi connectivity index (χ1) is 6.29. The van der Waals surface area contributed by atoms with Crippen molar-refractivity contribution in [3.8, 4) is 0 Å². The first kappa shape index (κ1) is 10.2. The van der Waals surface area contributed by atoms with Crippen LogP contribution in [0.25, 0.3) is 12.2 Å². The minimum atomic E-state index is 1.07. The van der Waals surface area contributed by atoms with Crippen molar-refractivity contribution in [1.29, 1.82) is 0 Å². The van der Waals surface area contributed by atoms with Crippen molar-refractivity contribution < 1.29 is 0 Å². The zero-order chi connectivity index (χ0) is 9.68. The maximum Gasteiger partial charge on any atom is 0.0589 e. The van der Waals surface area contributed by atoms with Crippen molar-refractivity contribution in [1.82, 2.24) is 4.37 Å². The van der Waals surface area contributed by atoms with Crippen LogP contribution in [0.4, 0.5) is 0 Å². The van der Waals surface area contributed by atoms with Crippen LogP contribution in [-0.2, 0) is 0 Å². The Morgan fingerprint density at radius 2 is 2.15 bits per heavy atom. The van der Waals surface area contributed by atoms with Gasteiger partial charge in [0, 0.05) is 5.56 Å². The summed E-state index contributed by atoms with van der Waals surface area (Å²) < 4.78 is 4.33. The van der Waals surface area contributed by atoms with Gasteiger partial charge < -0.3 is 0 Å². The summed E-state index contributed by atoms with van der Waals surface area (Å²) in [4.78, 5) is 1.25. The first-order valence-electron chi connectivity index (χ1n) is 4.55. The van der Waals surface area contributed by atoms with Crippen LogP contribution >= 0.6 is 11.5 Å². The van der Waals surface area contributed by atoms with Crippen molar-refractivity contribution in [3.05, 3.63) is 28.3 Å². The second kappa shape index (κ2) is 4.97. The van der Waals surface area contributed by atoms with Crippen LogP contribution in [-0.4, -0.2) is 4.37 Å². The molecule has 0 spiro atoms. The highest BCUT2D eigenvalue weighted by Gasteiger charge is 2.03. The van der Waals surface area contributed by atoms with Gasteiger partial charge >= 0.3 is 0 Å². The quantitative estimate of drug-likeness (QED) is 0.709. The van der Waals surface area contributed by atoms with Gasteiger partial charge in [-0.25, -0.2) is 0 Å². The predicted molar refractivity (Wildman–Crippen MR) is 60.9 cm³/mol. The standard InChI is InChI=1S/C11H15NS/c1-4-6-8-10-9(3)12-13-11(10)7-5-2/h5-8H,4H2,1-3H3/b7-5-,8-6-. The molecule has 0 amide bonds. The van der Waals surface area contributed by atoms with E-state index in [9.17, 15) is 0 Å². The second-order valence-corrected chi connectivity index (χ2v) is 3.66. The fraction of sp³-hybridized carbons (Fsp3) is 0.364. The van der Waals surface area contributed by atoms with E-state index in [-0.39, 0.29) is 0 Å². The van der Waals surface area contributed by atoms with Gasteiger partial charge in [0.05, 0.1) is 10.6 Å². The molecule has 0 bridgehead atoms. The van der Waals surface area contributed by atoms with E-state index in [1.165, 1.54) is 10.4 Å². The zero-order valence-electron chi connectivity index (χ0n) is 8.37. The van der Waals surface area contributed by atoms with Crippen LogP contribution in [0.5, 0.6) is 0 Å². The summed E-state index contributed by atoms with van der Waals surface area (Å²) in [5, 5.41) is 0. The molecule has 1 heterocycles. The minimum Gasteiger partial charge on any atom is -0.197 e. The van der Waals surface area contributed by atoms with E-state index < -0.39 is 0 Å². The molecule has 0 aliphatic rings. The summed E-state index contributed by atoms with van der Waals surface area (Å²) >= 11 is 1.56. The normalized spacial score (nSPS) is 11.9. The molecule has 0 radical (unpaired) electrons. The molecule has 2 heteroatoms. The van der Waals surface area contributed by atoms with Crippen molar-refractivity contribution in [2.24, 2.45) is 0 Å². The Balaban J connectivity index is 3.01. The van der Waals surface area contributed by atoms with Crippen LogP contribution in [0.2, 0.25) is 0 Å². The van der Waals surface area contributed by atoms with Crippen LogP contribution in [0.3, 0.4) is 0 Å². The highest BCUT2D eigenvalue weighted by Crippen LogP contribution is 2.21. The van der Waals surface area contributed by atoms with Crippen molar-refractivity contribution in [2.45, 2.75) is 27.2 Å². The molecule has 0 aliphatic heterocycles. The molecule has 1 aromatic rings.